The van der Waals surface area contributed by atoms with Gasteiger partial charge in [0.1, 0.15) is 0 Å². The molecule has 3 aromatic carbocycles. The van der Waals surface area contributed by atoms with Gasteiger partial charge in [-0.05, 0) is 85.2 Å². The molecule has 4 aromatic rings. The molecule has 0 spiro atoms. The molecule has 0 radical (unpaired) electrons. The van der Waals surface area contributed by atoms with Crippen LogP contribution in [0, 0.1) is 0 Å². The number of ether oxygens (including phenoxy) is 1. The van der Waals surface area contributed by atoms with Crippen LogP contribution in [0.15, 0.2) is 84.9 Å². The molecule has 1 unspecified atom stereocenters. The average molecular weight is 466 g/mol. The number of benzene rings is 3. The molecule has 35 heavy (non-hydrogen) atoms. The van der Waals surface area contributed by atoms with Crippen molar-refractivity contribution in [1.29, 1.82) is 0 Å². The summed E-state index contributed by atoms with van der Waals surface area (Å²) in [6.45, 7) is 2.16. The largest absolute Gasteiger partial charge is 0.478 e. The number of hydrogen-bond acceptors (Lipinski definition) is 3. The second-order valence-corrected chi connectivity index (χ2v) is 8.84. The highest BCUT2D eigenvalue weighted by atomic mass is 16.5. The summed E-state index contributed by atoms with van der Waals surface area (Å²) < 4.78 is 7.33. The highest BCUT2D eigenvalue weighted by Gasteiger charge is 2.27. The van der Waals surface area contributed by atoms with Crippen LogP contribution in [0.1, 0.15) is 56.8 Å². The van der Waals surface area contributed by atoms with Gasteiger partial charge in [-0.25, -0.2) is 9.59 Å². The van der Waals surface area contributed by atoms with E-state index < -0.39 is 5.97 Å². The van der Waals surface area contributed by atoms with Gasteiger partial charge in [-0.3, -0.25) is 0 Å². The first-order chi connectivity index (χ1) is 17.0. The molecule has 1 atom stereocenters. The third-order valence-corrected chi connectivity index (χ3v) is 6.71. The first-order valence-corrected chi connectivity index (χ1v) is 11.9. The fourth-order valence-electron chi connectivity index (χ4n) is 4.99. The molecule has 1 aromatic heterocycles. The highest BCUT2D eigenvalue weighted by molar-refractivity contribution is 5.89. The minimum absolute atomic E-state index is 0.269. The lowest BCUT2D eigenvalue weighted by atomic mass is 9.83. The van der Waals surface area contributed by atoms with Crippen molar-refractivity contribution in [2.24, 2.45) is 0 Å². The topological polar surface area (TPSA) is 68.5 Å². The van der Waals surface area contributed by atoms with E-state index >= 15 is 0 Å². The number of aromatic nitrogens is 1. The van der Waals surface area contributed by atoms with Crippen LogP contribution < -0.4 is 0 Å². The van der Waals surface area contributed by atoms with Gasteiger partial charge < -0.3 is 14.4 Å². The second-order valence-electron chi connectivity index (χ2n) is 8.84. The Morgan fingerprint density at radius 3 is 2.43 bits per heavy atom. The molecule has 176 valence electrons. The summed E-state index contributed by atoms with van der Waals surface area (Å²) in [4.78, 5) is 23.7. The van der Waals surface area contributed by atoms with Gasteiger partial charge in [0.05, 0.1) is 23.4 Å². The number of nitrogens with zero attached hydrogens (tertiary/aromatic N) is 1. The number of fused-ring (bicyclic) bond motifs is 1. The van der Waals surface area contributed by atoms with Crippen LogP contribution in [-0.4, -0.2) is 28.2 Å². The molecule has 1 aliphatic carbocycles. The smallest absolute Gasteiger partial charge is 0.338 e. The maximum absolute atomic E-state index is 12.0. The lowest BCUT2D eigenvalue weighted by Crippen LogP contribution is -2.16. The predicted molar refractivity (Wildman–Crippen MR) is 135 cm³/mol. The lowest BCUT2D eigenvalue weighted by Gasteiger charge is -2.25. The van der Waals surface area contributed by atoms with Crippen molar-refractivity contribution in [1.82, 2.24) is 4.57 Å². The van der Waals surface area contributed by atoms with E-state index in [1.165, 1.54) is 16.8 Å². The average Bonchev–Trinajstić information content (AvgIpc) is 3.28. The number of carboxylic acid groups (broad SMARTS) is 1. The van der Waals surface area contributed by atoms with Gasteiger partial charge in [0.15, 0.2) is 0 Å². The zero-order chi connectivity index (χ0) is 24.4. The number of aryl methyl sites for hydroxylation is 1. The van der Waals surface area contributed by atoms with E-state index in [4.69, 9.17) is 4.74 Å². The summed E-state index contributed by atoms with van der Waals surface area (Å²) in [5.41, 5.74) is 7.54. The fraction of sp³-hybridized carbons (Fsp3) is 0.200. The molecule has 0 saturated carbocycles. The summed E-state index contributed by atoms with van der Waals surface area (Å²) in [5.74, 6) is -0.933. The van der Waals surface area contributed by atoms with Crippen LogP contribution in [0.25, 0.3) is 16.9 Å². The maximum Gasteiger partial charge on any atom is 0.338 e. The van der Waals surface area contributed by atoms with Gasteiger partial charge >= 0.3 is 11.9 Å². The lowest BCUT2D eigenvalue weighted by molar-refractivity contribution is 0.0525. The minimum Gasteiger partial charge on any atom is -0.478 e. The Bertz CT molecular complexity index is 1370. The van der Waals surface area contributed by atoms with Crippen LogP contribution in [0.5, 0.6) is 0 Å². The van der Waals surface area contributed by atoms with E-state index in [2.05, 4.69) is 22.8 Å². The summed E-state index contributed by atoms with van der Waals surface area (Å²) in [6.07, 6.45) is 2.78. The van der Waals surface area contributed by atoms with E-state index in [0.29, 0.717) is 18.1 Å². The Morgan fingerprint density at radius 2 is 1.71 bits per heavy atom. The molecule has 0 bridgehead atoms. The molecule has 1 aliphatic rings. The second kappa shape index (κ2) is 9.63. The first-order valence-electron chi connectivity index (χ1n) is 11.9. The van der Waals surface area contributed by atoms with Gasteiger partial charge in [0, 0.05) is 11.4 Å². The maximum atomic E-state index is 12.0. The van der Waals surface area contributed by atoms with Gasteiger partial charge in [-0.1, -0.05) is 48.5 Å². The van der Waals surface area contributed by atoms with Crippen molar-refractivity contribution in [3.05, 3.63) is 113 Å². The molecular formula is C30H27NO4. The number of rotatable bonds is 6. The fourth-order valence-corrected chi connectivity index (χ4v) is 4.99. The normalized spacial score (nSPS) is 14.8. The van der Waals surface area contributed by atoms with Gasteiger partial charge in [0.25, 0.3) is 0 Å². The predicted octanol–water partition coefficient (Wildman–Crippen LogP) is 6.29. The monoisotopic (exact) mass is 465 g/mol. The van der Waals surface area contributed by atoms with E-state index in [1.807, 2.05) is 48.5 Å². The van der Waals surface area contributed by atoms with Crippen molar-refractivity contribution in [3.63, 3.8) is 0 Å². The molecule has 0 amide bonds. The van der Waals surface area contributed by atoms with Gasteiger partial charge in [-0.2, -0.15) is 0 Å². The third-order valence-electron chi connectivity index (χ3n) is 6.71. The zero-order valence-electron chi connectivity index (χ0n) is 19.6. The number of carboxylic acids is 1. The van der Waals surface area contributed by atoms with Gasteiger partial charge in [-0.15, -0.1) is 0 Å². The van der Waals surface area contributed by atoms with Crippen LogP contribution in [-0.2, 0) is 17.6 Å². The van der Waals surface area contributed by atoms with Crippen molar-refractivity contribution < 1.29 is 19.4 Å². The Labute approximate surface area is 204 Å². The number of carbonyl (C=O) groups is 2. The SMILES string of the molecule is CCOC(=O)c1ccc(C2CCc3cc(-c4ccccc4)n(-c4cccc(C(=O)O)c4)c3C2)cc1. The minimum atomic E-state index is -0.936. The Kier molecular flexibility index (Phi) is 6.23. The number of aromatic carboxylic acids is 1. The van der Waals surface area contributed by atoms with Crippen LogP contribution >= 0.6 is 0 Å². The van der Waals surface area contributed by atoms with Crippen LogP contribution in [0.3, 0.4) is 0 Å². The molecule has 0 fully saturated rings. The Morgan fingerprint density at radius 1 is 0.943 bits per heavy atom. The number of esters is 1. The first kappa shape index (κ1) is 22.7. The molecule has 1 N–H and O–H groups in total. The molecule has 0 aliphatic heterocycles. The quantitative estimate of drug-likeness (QED) is 0.340. The van der Waals surface area contributed by atoms with Crippen LogP contribution in [0.2, 0.25) is 0 Å². The molecule has 5 rings (SSSR count). The molecule has 5 nitrogen and oxygen atoms in total. The van der Waals surface area contributed by atoms with Crippen molar-refractivity contribution >= 4 is 11.9 Å². The third kappa shape index (κ3) is 4.50. The summed E-state index contributed by atoms with van der Waals surface area (Å²) in [6, 6.07) is 27.3. The number of carbonyl (C=O) groups excluding carboxylic acids is 1. The Hall–Kier alpha value is -4.12. The zero-order valence-corrected chi connectivity index (χ0v) is 19.6. The number of hydrogen-bond donors (Lipinski definition) is 1. The van der Waals surface area contributed by atoms with Crippen molar-refractivity contribution in [2.75, 3.05) is 6.61 Å². The van der Waals surface area contributed by atoms with Crippen LogP contribution in [0.4, 0.5) is 0 Å². The van der Waals surface area contributed by atoms with E-state index in [-0.39, 0.29) is 11.5 Å². The summed E-state index contributed by atoms with van der Waals surface area (Å²) >= 11 is 0. The van der Waals surface area contributed by atoms with Gasteiger partial charge in [0.2, 0.25) is 0 Å². The highest BCUT2D eigenvalue weighted by Crippen LogP contribution is 2.39. The summed E-state index contributed by atoms with van der Waals surface area (Å²) in [7, 11) is 0. The summed E-state index contributed by atoms with van der Waals surface area (Å²) in [5, 5.41) is 9.58. The molecule has 0 saturated heterocycles. The van der Waals surface area contributed by atoms with E-state index in [1.54, 1.807) is 25.1 Å². The standard InChI is InChI=1S/C30H27NO4/c1-2-35-30(34)22-13-11-20(12-14-22)23-15-16-24-19-27(21-7-4-3-5-8-21)31(28(24)18-23)26-10-6-9-25(17-26)29(32)33/h3-14,17,19,23H,2,15-16,18H2,1H3,(H,32,33). The van der Waals surface area contributed by atoms with Crippen molar-refractivity contribution in [3.8, 4) is 16.9 Å². The van der Waals surface area contributed by atoms with Crippen molar-refractivity contribution in [2.45, 2.75) is 32.1 Å². The molecular weight excluding hydrogens is 438 g/mol. The Balaban J connectivity index is 1.55. The van der Waals surface area contributed by atoms with E-state index in [0.717, 1.165) is 36.2 Å². The molecule has 1 heterocycles. The van der Waals surface area contributed by atoms with E-state index in [9.17, 15) is 14.7 Å². The molecule has 5 heteroatoms.